The zero-order valence-electron chi connectivity index (χ0n) is 29.0. The summed E-state index contributed by atoms with van der Waals surface area (Å²) in [6.45, 7) is 11.3. The molecule has 1 aromatic carbocycles. The van der Waals surface area contributed by atoms with Crippen molar-refractivity contribution in [3.63, 3.8) is 0 Å². The highest BCUT2D eigenvalue weighted by atomic mass is 16.6. The first kappa shape index (κ1) is 35.6. The number of amides is 5. The van der Waals surface area contributed by atoms with E-state index in [-0.39, 0.29) is 50.0 Å². The SMILES string of the molecule is CC(C)(C)OC(=O)NC1CCC(N2CCc3cc(-n4ccc(NC(=O)N5CCN(C(=O)C(C)(C)NC(=O)O)CC5)nc4=O)ccc3C2)CC1. The van der Waals surface area contributed by atoms with E-state index < -0.39 is 29.0 Å². The zero-order valence-corrected chi connectivity index (χ0v) is 29.0. The molecule has 1 aliphatic carbocycles. The Balaban J connectivity index is 1.12. The van der Waals surface area contributed by atoms with Gasteiger partial charge in [0.2, 0.25) is 5.91 Å². The standard InChI is InChI=1S/C34H48N8O7/c1-33(2,3)49-32(48)35-24-7-10-25(11-8-24)41-14-12-22-20-26(9-6-23(22)21-41)42-15-13-27(37-30(42)45)36-29(44)40-18-16-39(17-19-40)28(43)34(4,5)38-31(46)47/h6,9,13,15,20,24-25,38H,7-8,10-12,14,16-19,21H2,1-5H3,(H,35,48)(H,46,47)(H,36,37,44,45). The van der Waals surface area contributed by atoms with Crippen molar-refractivity contribution in [3.05, 3.63) is 52.1 Å². The number of aromatic nitrogens is 2. The maximum atomic E-state index is 13.0. The van der Waals surface area contributed by atoms with Gasteiger partial charge in [0.05, 0.1) is 5.69 Å². The van der Waals surface area contributed by atoms with Crippen LogP contribution in [0.4, 0.5) is 20.2 Å². The van der Waals surface area contributed by atoms with Crippen molar-refractivity contribution in [1.82, 2.24) is 34.9 Å². The summed E-state index contributed by atoms with van der Waals surface area (Å²) in [6, 6.07) is 7.74. The molecule has 3 heterocycles. The van der Waals surface area contributed by atoms with Crippen LogP contribution in [-0.2, 0) is 22.5 Å². The minimum atomic E-state index is -1.29. The molecule has 1 saturated heterocycles. The lowest BCUT2D eigenvalue weighted by molar-refractivity contribution is -0.138. The molecule has 2 fully saturated rings. The molecule has 4 N–H and O–H groups in total. The number of carbonyl (C=O) groups excluding carboxylic acids is 3. The molecule has 0 unspecified atom stereocenters. The van der Waals surface area contributed by atoms with Gasteiger partial charge in [0.1, 0.15) is 17.0 Å². The first-order valence-corrected chi connectivity index (χ1v) is 16.9. The number of carboxylic acid groups (broad SMARTS) is 1. The van der Waals surface area contributed by atoms with Crippen LogP contribution in [0.5, 0.6) is 0 Å². The second-order valence-electron chi connectivity index (χ2n) is 14.6. The van der Waals surface area contributed by atoms with Crippen molar-refractivity contribution in [2.75, 3.05) is 38.0 Å². The number of carbonyl (C=O) groups is 4. The van der Waals surface area contributed by atoms with Gasteiger partial charge in [0.25, 0.3) is 0 Å². The summed E-state index contributed by atoms with van der Waals surface area (Å²) < 4.78 is 6.87. The fourth-order valence-corrected chi connectivity index (χ4v) is 6.77. The Hall–Kier alpha value is -4.66. The number of piperazine rings is 1. The molecule has 1 aromatic heterocycles. The Morgan fingerprint density at radius 1 is 0.898 bits per heavy atom. The van der Waals surface area contributed by atoms with E-state index in [0.717, 1.165) is 45.2 Å². The fraction of sp³-hybridized carbons (Fsp3) is 0.588. The molecule has 266 valence electrons. The highest BCUT2D eigenvalue weighted by Crippen LogP contribution is 2.29. The first-order chi connectivity index (χ1) is 23.1. The molecule has 2 aliphatic heterocycles. The minimum absolute atomic E-state index is 0.126. The molecule has 0 bridgehead atoms. The van der Waals surface area contributed by atoms with Crippen LogP contribution in [0.3, 0.4) is 0 Å². The highest BCUT2D eigenvalue weighted by molar-refractivity contribution is 5.90. The van der Waals surface area contributed by atoms with Crippen LogP contribution in [-0.4, -0.2) is 109 Å². The zero-order chi connectivity index (χ0) is 35.5. The lowest BCUT2D eigenvalue weighted by atomic mass is 9.88. The summed E-state index contributed by atoms with van der Waals surface area (Å²) in [5.74, 6) is -0.241. The molecule has 5 amide bonds. The maximum absolute atomic E-state index is 13.0. The van der Waals surface area contributed by atoms with E-state index in [0.29, 0.717) is 11.7 Å². The largest absolute Gasteiger partial charge is 0.465 e. The molecule has 1 saturated carbocycles. The lowest BCUT2D eigenvalue weighted by Gasteiger charge is -2.39. The number of nitrogens with zero attached hydrogens (tertiary/aromatic N) is 5. The van der Waals surface area contributed by atoms with Crippen molar-refractivity contribution in [2.45, 2.75) is 96.5 Å². The van der Waals surface area contributed by atoms with E-state index in [9.17, 15) is 24.0 Å². The van der Waals surface area contributed by atoms with E-state index in [2.05, 4.69) is 31.9 Å². The molecule has 15 nitrogen and oxygen atoms in total. The molecule has 3 aliphatic rings. The summed E-state index contributed by atoms with van der Waals surface area (Å²) in [6.07, 6.45) is 4.68. The normalized spacial score (nSPS) is 20.2. The molecule has 0 radical (unpaired) electrons. The Morgan fingerprint density at radius 2 is 1.57 bits per heavy atom. The summed E-state index contributed by atoms with van der Waals surface area (Å²) >= 11 is 0. The molecule has 5 rings (SSSR count). The van der Waals surface area contributed by atoms with Gasteiger partial charge in [-0.25, -0.2) is 19.2 Å². The van der Waals surface area contributed by atoms with E-state index >= 15 is 0 Å². The number of rotatable bonds is 6. The molecule has 15 heteroatoms. The molecule has 2 aromatic rings. The van der Waals surface area contributed by atoms with Gasteiger partial charge in [0, 0.05) is 57.5 Å². The van der Waals surface area contributed by atoms with Gasteiger partial charge in [0.15, 0.2) is 0 Å². The third-order valence-corrected chi connectivity index (χ3v) is 9.29. The van der Waals surface area contributed by atoms with Crippen LogP contribution >= 0.6 is 0 Å². The number of ether oxygens (including phenoxy) is 1. The second-order valence-corrected chi connectivity index (χ2v) is 14.6. The molecule has 49 heavy (non-hydrogen) atoms. The molecular weight excluding hydrogens is 632 g/mol. The Labute approximate surface area is 286 Å². The van der Waals surface area contributed by atoms with Gasteiger partial charge in [-0.2, -0.15) is 4.98 Å². The second kappa shape index (κ2) is 14.4. The highest BCUT2D eigenvalue weighted by Gasteiger charge is 2.36. The van der Waals surface area contributed by atoms with Crippen molar-refractivity contribution in [1.29, 1.82) is 0 Å². The van der Waals surface area contributed by atoms with Crippen molar-refractivity contribution in [3.8, 4) is 5.69 Å². The molecule has 0 spiro atoms. The van der Waals surface area contributed by atoms with Crippen LogP contribution < -0.4 is 21.6 Å². The maximum Gasteiger partial charge on any atom is 0.407 e. The number of hydrogen-bond donors (Lipinski definition) is 4. The van der Waals surface area contributed by atoms with Crippen molar-refractivity contribution in [2.24, 2.45) is 0 Å². The number of benzene rings is 1. The summed E-state index contributed by atoms with van der Waals surface area (Å²) in [5, 5.41) is 16.9. The van der Waals surface area contributed by atoms with E-state index in [1.54, 1.807) is 12.3 Å². The van der Waals surface area contributed by atoms with Gasteiger partial charge >= 0.3 is 23.9 Å². The van der Waals surface area contributed by atoms with Crippen LogP contribution in [0.1, 0.15) is 71.4 Å². The summed E-state index contributed by atoms with van der Waals surface area (Å²) in [7, 11) is 0. The predicted molar refractivity (Wildman–Crippen MR) is 182 cm³/mol. The van der Waals surface area contributed by atoms with Crippen molar-refractivity contribution >= 4 is 29.9 Å². The number of nitrogens with one attached hydrogen (secondary N) is 3. The van der Waals surface area contributed by atoms with Gasteiger partial charge in [-0.15, -0.1) is 0 Å². The average Bonchev–Trinajstić information content (AvgIpc) is 3.03. The third kappa shape index (κ3) is 9.08. The van der Waals surface area contributed by atoms with Gasteiger partial charge in [-0.3, -0.25) is 19.6 Å². The van der Waals surface area contributed by atoms with E-state index in [1.807, 2.05) is 32.9 Å². The quantitative estimate of drug-likeness (QED) is 0.357. The Morgan fingerprint density at radius 3 is 2.20 bits per heavy atom. The molecule has 0 atom stereocenters. The average molecular weight is 681 g/mol. The number of alkyl carbamates (subject to hydrolysis) is 1. The van der Waals surface area contributed by atoms with Gasteiger partial charge in [-0.05, 0) is 96.0 Å². The van der Waals surface area contributed by atoms with Crippen LogP contribution in [0.15, 0.2) is 35.3 Å². The number of urea groups is 1. The molecular formula is C34H48N8O7. The fourth-order valence-electron chi connectivity index (χ4n) is 6.77. The van der Waals surface area contributed by atoms with E-state index in [4.69, 9.17) is 9.84 Å². The van der Waals surface area contributed by atoms with E-state index in [1.165, 1.54) is 39.3 Å². The lowest BCUT2D eigenvalue weighted by Crippen LogP contribution is -2.60. The van der Waals surface area contributed by atoms with Crippen LogP contribution in [0.2, 0.25) is 0 Å². The van der Waals surface area contributed by atoms with Crippen LogP contribution in [0.25, 0.3) is 5.69 Å². The Bertz CT molecular complexity index is 1620. The Kier molecular flexibility index (Phi) is 10.5. The summed E-state index contributed by atoms with van der Waals surface area (Å²) in [4.78, 5) is 71.5. The van der Waals surface area contributed by atoms with Gasteiger partial charge < -0.3 is 30.3 Å². The smallest absolute Gasteiger partial charge is 0.407 e. The monoisotopic (exact) mass is 680 g/mol. The third-order valence-electron chi connectivity index (χ3n) is 9.29. The number of anilines is 1. The van der Waals surface area contributed by atoms with Gasteiger partial charge in [-0.1, -0.05) is 6.07 Å². The first-order valence-electron chi connectivity index (χ1n) is 16.9. The predicted octanol–water partition coefficient (Wildman–Crippen LogP) is 3.15. The topological polar surface area (TPSA) is 178 Å². The number of hydrogen-bond acceptors (Lipinski definition) is 8. The minimum Gasteiger partial charge on any atom is -0.465 e. The number of fused-ring (bicyclic) bond motifs is 1. The van der Waals surface area contributed by atoms with Crippen molar-refractivity contribution < 1.29 is 29.0 Å². The van der Waals surface area contributed by atoms with Crippen LogP contribution in [0, 0.1) is 0 Å². The summed E-state index contributed by atoms with van der Waals surface area (Å²) in [5.41, 5.74) is 0.817.